The zero-order valence-electron chi connectivity index (χ0n) is 17.0. The van der Waals surface area contributed by atoms with Gasteiger partial charge in [-0.3, -0.25) is 4.68 Å². The predicted octanol–water partition coefficient (Wildman–Crippen LogP) is 2.94. The van der Waals surface area contributed by atoms with Crippen molar-refractivity contribution in [1.82, 2.24) is 30.0 Å². The van der Waals surface area contributed by atoms with Crippen LogP contribution in [-0.2, 0) is 18.2 Å². The summed E-state index contributed by atoms with van der Waals surface area (Å²) in [5.74, 6) is 0.850. The van der Waals surface area contributed by atoms with Crippen LogP contribution in [-0.4, -0.2) is 38.0 Å². The summed E-state index contributed by atoms with van der Waals surface area (Å²) >= 11 is 0. The van der Waals surface area contributed by atoms with Gasteiger partial charge in [0.1, 0.15) is 11.9 Å². The first-order valence-electron chi connectivity index (χ1n) is 10.9. The second-order valence-electron chi connectivity index (χ2n) is 8.60. The number of amides is 2. The van der Waals surface area contributed by atoms with E-state index < -0.39 is 0 Å². The van der Waals surface area contributed by atoms with Gasteiger partial charge in [0.2, 0.25) is 0 Å². The standard InChI is InChI=1S/C21H30N6O2/c1-26-11-10-22-20(26)19-17(9-12-29-19)24-21(28)23-16-8-4-5-14-13-27(25-18(14)16)15-6-2-3-7-15/h10-11,13,15-17,19H,2-9,12H2,1H3,(H2,23,24,28)/t16?,17-,19-/m1/s1. The molecular weight excluding hydrogens is 368 g/mol. The molecule has 2 fully saturated rings. The van der Waals surface area contributed by atoms with Gasteiger partial charge in [-0.2, -0.15) is 5.10 Å². The maximum absolute atomic E-state index is 12.8. The second kappa shape index (κ2) is 7.82. The summed E-state index contributed by atoms with van der Waals surface area (Å²) in [6.45, 7) is 0.627. The van der Waals surface area contributed by atoms with Crippen LogP contribution >= 0.6 is 0 Å². The first kappa shape index (κ1) is 18.7. The Bertz CT molecular complexity index is 868. The zero-order valence-corrected chi connectivity index (χ0v) is 17.0. The highest BCUT2D eigenvalue weighted by Gasteiger charge is 2.34. The van der Waals surface area contributed by atoms with Crippen molar-refractivity contribution in [2.45, 2.75) is 75.6 Å². The van der Waals surface area contributed by atoms with Gasteiger partial charge in [0.25, 0.3) is 0 Å². The van der Waals surface area contributed by atoms with Crippen molar-refractivity contribution in [2.75, 3.05) is 6.61 Å². The number of ether oxygens (including phenoxy) is 1. The monoisotopic (exact) mass is 398 g/mol. The van der Waals surface area contributed by atoms with Crippen LogP contribution in [0.3, 0.4) is 0 Å². The van der Waals surface area contributed by atoms with Crippen molar-refractivity contribution in [3.05, 3.63) is 35.7 Å². The number of fused-ring (bicyclic) bond motifs is 1. The molecule has 29 heavy (non-hydrogen) atoms. The highest BCUT2D eigenvalue weighted by molar-refractivity contribution is 5.75. The molecule has 0 aromatic carbocycles. The van der Waals surface area contributed by atoms with Gasteiger partial charge >= 0.3 is 6.03 Å². The molecule has 8 heteroatoms. The number of hydrogen-bond donors (Lipinski definition) is 2. The topological polar surface area (TPSA) is 86.0 Å². The fraction of sp³-hybridized carbons (Fsp3) is 0.667. The molecule has 1 saturated carbocycles. The number of urea groups is 1. The maximum atomic E-state index is 12.8. The summed E-state index contributed by atoms with van der Waals surface area (Å²) in [5, 5.41) is 11.2. The number of aromatic nitrogens is 4. The number of nitrogens with zero attached hydrogens (tertiary/aromatic N) is 4. The predicted molar refractivity (Wildman–Crippen MR) is 107 cm³/mol. The highest BCUT2D eigenvalue weighted by atomic mass is 16.5. The lowest BCUT2D eigenvalue weighted by Crippen LogP contribution is -2.45. The minimum Gasteiger partial charge on any atom is -0.368 e. The van der Waals surface area contributed by atoms with E-state index in [2.05, 4.69) is 26.5 Å². The van der Waals surface area contributed by atoms with Gasteiger partial charge in [0.05, 0.1) is 23.8 Å². The largest absolute Gasteiger partial charge is 0.368 e. The van der Waals surface area contributed by atoms with Crippen molar-refractivity contribution >= 4 is 6.03 Å². The van der Waals surface area contributed by atoms with E-state index in [1.165, 1.54) is 31.2 Å². The molecule has 3 heterocycles. The normalized spacial score (nSPS) is 27.1. The Kier molecular flexibility index (Phi) is 5.03. The Morgan fingerprint density at radius 3 is 2.83 bits per heavy atom. The minimum absolute atomic E-state index is 0.0182. The molecule has 1 saturated heterocycles. The van der Waals surface area contributed by atoms with Crippen LogP contribution in [0.2, 0.25) is 0 Å². The number of carbonyl (C=O) groups is 1. The first-order valence-corrected chi connectivity index (χ1v) is 10.9. The fourth-order valence-electron chi connectivity index (χ4n) is 5.07. The number of nitrogens with one attached hydrogen (secondary N) is 2. The maximum Gasteiger partial charge on any atom is 0.315 e. The van der Waals surface area contributed by atoms with Crippen LogP contribution in [0.5, 0.6) is 0 Å². The Labute approximate surface area is 171 Å². The van der Waals surface area contributed by atoms with Gasteiger partial charge in [-0.25, -0.2) is 9.78 Å². The van der Waals surface area contributed by atoms with Crippen LogP contribution < -0.4 is 10.6 Å². The molecule has 1 unspecified atom stereocenters. The summed E-state index contributed by atoms with van der Waals surface area (Å²) in [5.41, 5.74) is 2.35. The third-order valence-corrected chi connectivity index (χ3v) is 6.63. The molecule has 3 aliphatic rings. The minimum atomic E-state index is -0.204. The van der Waals surface area contributed by atoms with E-state index in [-0.39, 0.29) is 24.2 Å². The van der Waals surface area contributed by atoms with Crippen molar-refractivity contribution in [2.24, 2.45) is 7.05 Å². The molecule has 0 radical (unpaired) electrons. The van der Waals surface area contributed by atoms with E-state index in [4.69, 9.17) is 9.84 Å². The Morgan fingerprint density at radius 1 is 1.17 bits per heavy atom. The third kappa shape index (κ3) is 3.66. The summed E-state index contributed by atoms with van der Waals surface area (Å²) < 4.78 is 9.97. The lowest BCUT2D eigenvalue weighted by Gasteiger charge is -2.25. The molecule has 2 aromatic rings. The number of rotatable bonds is 4. The van der Waals surface area contributed by atoms with E-state index in [9.17, 15) is 4.79 Å². The number of hydrogen-bond acceptors (Lipinski definition) is 4. The van der Waals surface area contributed by atoms with Crippen LogP contribution in [0.4, 0.5) is 4.79 Å². The Balaban J connectivity index is 1.25. The van der Waals surface area contributed by atoms with Crippen molar-refractivity contribution in [3.8, 4) is 0 Å². The Hall–Kier alpha value is -2.35. The lowest BCUT2D eigenvalue weighted by molar-refractivity contribution is 0.0907. The molecule has 2 amide bonds. The molecule has 0 spiro atoms. The van der Waals surface area contributed by atoms with E-state index in [0.717, 1.165) is 37.2 Å². The van der Waals surface area contributed by atoms with Crippen molar-refractivity contribution < 1.29 is 9.53 Å². The first-order chi connectivity index (χ1) is 14.2. The van der Waals surface area contributed by atoms with Crippen LogP contribution in [0, 0.1) is 0 Å². The summed E-state index contributed by atoms with van der Waals surface area (Å²) in [6, 6.07) is 0.294. The molecule has 3 atom stereocenters. The average molecular weight is 399 g/mol. The molecule has 5 rings (SSSR count). The molecular formula is C21H30N6O2. The van der Waals surface area contributed by atoms with E-state index in [1.54, 1.807) is 6.20 Å². The lowest BCUT2D eigenvalue weighted by atomic mass is 9.94. The molecule has 2 aliphatic carbocycles. The summed E-state index contributed by atoms with van der Waals surface area (Å²) in [4.78, 5) is 17.2. The van der Waals surface area contributed by atoms with Crippen LogP contribution in [0.15, 0.2) is 18.6 Å². The van der Waals surface area contributed by atoms with Gasteiger partial charge in [-0.1, -0.05) is 12.8 Å². The summed E-state index contributed by atoms with van der Waals surface area (Å²) in [6.07, 6.45) is 14.6. The number of carbonyl (C=O) groups excluding carboxylic acids is 1. The Morgan fingerprint density at radius 2 is 2.03 bits per heavy atom. The molecule has 1 aliphatic heterocycles. The second-order valence-corrected chi connectivity index (χ2v) is 8.60. The van der Waals surface area contributed by atoms with Gasteiger partial charge in [0.15, 0.2) is 0 Å². The van der Waals surface area contributed by atoms with E-state index in [0.29, 0.717) is 12.6 Å². The van der Waals surface area contributed by atoms with Gasteiger partial charge in [0, 0.05) is 32.2 Å². The SMILES string of the molecule is Cn1ccnc1[C@@H]1OCC[C@H]1NC(=O)NC1CCCc2cn(C3CCCC3)nc21. The number of aryl methyl sites for hydroxylation is 2. The zero-order chi connectivity index (χ0) is 19.8. The van der Waals surface area contributed by atoms with E-state index >= 15 is 0 Å². The highest BCUT2D eigenvalue weighted by Crippen LogP contribution is 2.34. The van der Waals surface area contributed by atoms with Gasteiger partial charge in [-0.15, -0.1) is 0 Å². The van der Waals surface area contributed by atoms with Crippen molar-refractivity contribution in [3.63, 3.8) is 0 Å². The van der Waals surface area contributed by atoms with Crippen LogP contribution in [0.25, 0.3) is 0 Å². The number of imidazole rings is 1. The van der Waals surface area contributed by atoms with Crippen LogP contribution in [0.1, 0.15) is 80.2 Å². The van der Waals surface area contributed by atoms with Crippen molar-refractivity contribution in [1.29, 1.82) is 0 Å². The average Bonchev–Trinajstić information content (AvgIpc) is 3.48. The molecule has 2 N–H and O–H groups in total. The molecule has 0 bridgehead atoms. The smallest absolute Gasteiger partial charge is 0.315 e. The van der Waals surface area contributed by atoms with Gasteiger partial charge < -0.3 is 19.9 Å². The molecule has 8 nitrogen and oxygen atoms in total. The van der Waals surface area contributed by atoms with Gasteiger partial charge in [-0.05, 0) is 44.1 Å². The fourth-order valence-corrected chi connectivity index (χ4v) is 5.07. The summed E-state index contributed by atoms with van der Waals surface area (Å²) in [7, 11) is 1.95. The molecule has 2 aromatic heterocycles. The molecule has 156 valence electrons. The third-order valence-electron chi connectivity index (χ3n) is 6.63. The quantitative estimate of drug-likeness (QED) is 0.829. The van der Waals surface area contributed by atoms with E-state index in [1.807, 2.05) is 17.8 Å².